The minimum atomic E-state index is -4.08. The molecule has 2 amide bonds. The van der Waals surface area contributed by atoms with E-state index in [4.69, 9.17) is 4.74 Å². The van der Waals surface area contributed by atoms with Crippen molar-refractivity contribution in [2.75, 3.05) is 30.8 Å². The summed E-state index contributed by atoms with van der Waals surface area (Å²) in [6, 6.07) is 10.1. The lowest BCUT2D eigenvalue weighted by Gasteiger charge is -2.33. The summed E-state index contributed by atoms with van der Waals surface area (Å²) in [7, 11) is -2.79. The third-order valence-electron chi connectivity index (χ3n) is 5.49. The maximum Gasteiger partial charge on any atom is 0.271 e. The van der Waals surface area contributed by atoms with Crippen molar-refractivity contribution in [3.05, 3.63) is 63.7 Å². The van der Waals surface area contributed by atoms with Crippen LogP contribution in [0, 0.1) is 17.0 Å². The van der Waals surface area contributed by atoms with Crippen LogP contribution in [0.3, 0.4) is 0 Å². The molecule has 0 radical (unpaired) electrons. The summed E-state index contributed by atoms with van der Waals surface area (Å²) < 4.78 is 31.5. The molecule has 1 N–H and O–H groups in total. The zero-order chi connectivity index (χ0) is 27.0. The van der Waals surface area contributed by atoms with Gasteiger partial charge >= 0.3 is 0 Å². The van der Waals surface area contributed by atoms with Crippen molar-refractivity contribution in [3.63, 3.8) is 0 Å². The van der Waals surface area contributed by atoms with E-state index >= 15 is 0 Å². The predicted octanol–water partition coefficient (Wildman–Crippen LogP) is 2.62. The third-order valence-corrected chi connectivity index (χ3v) is 6.62. The fourth-order valence-electron chi connectivity index (χ4n) is 3.80. The maximum absolute atomic E-state index is 13.7. The average molecular weight is 521 g/mol. The first kappa shape index (κ1) is 28.6. The normalized spacial score (nSPS) is 11.9. The van der Waals surface area contributed by atoms with Gasteiger partial charge in [-0.15, -0.1) is 0 Å². The number of carbonyl (C=O) groups excluding carboxylic acids is 2. The molecule has 0 aliphatic heterocycles. The summed E-state index contributed by atoms with van der Waals surface area (Å²) in [5, 5.41) is 14.1. The van der Waals surface area contributed by atoms with Gasteiger partial charge in [-0.05, 0) is 31.9 Å². The van der Waals surface area contributed by atoms with Gasteiger partial charge in [0.2, 0.25) is 21.8 Å². The first-order chi connectivity index (χ1) is 16.9. The van der Waals surface area contributed by atoms with E-state index in [0.29, 0.717) is 13.0 Å². The fraction of sp³-hybridized carbons (Fsp3) is 0.417. The summed E-state index contributed by atoms with van der Waals surface area (Å²) in [5.41, 5.74) is 1.22. The SMILES string of the molecule is CCNC(=O)[C@@H](CC)N(Cc1cccc(C)c1)C(=O)CN(c1cc([N+](=O)[O-])ccc1OC)S(C)(=O)=O. The van der Waals surface area contributed by atoms with Crippen LogP contribution in [0.1, 0.15) is 31.4 Å². The molecule has 0 spiro atoms. The summed E-state index contributed by atoms with van der Waals surface area (Å²) >= 11 is 0. The van der Waals surface area contributed by atoms with E-state index in [2.05, 4.69) is 5.32 Å². The Bertz CT molecular complexity index is 1220. The molecule has 0 heterocycles. The van der Waals surface area contributed by atoms with Crippen molar-refractivity contribution in [3.8, 4) is 5.75 Å². The van der Waals surface area contributed by atoms with Crippen molar-refractivity contribution < 1.29 is 27.7 Å². The first-order valence-corrected chi connectivity index (χ1v) is 13.2. The van der Waals surface area contributed by atoms with E-state index in [0.717, 1.165) is 27.8 Å². The molecule has 0 aliphatic rings. The predicted molar refractivity (Wildman–Crippen MR) is 136 cm³/mol. The maximum atomic E-state index is 13.7. The molecule has 196 valence electrons. The number of carbonyl (C=O) groups is 2. The Morgan fingerprint density at radius 3 is 2.39 bits per heavy atom. The van der Waals surface area contributed by atoms with Gasteiger partial charge in [-0.2, -0.15) is 0 Å². The molecule has 0 aliphatic carbocycles. The quantitative estimate of drug-likeness (QED) is 0.335. The number of hydrogen-bond acceptors (Lipinski definition) is 7. The number of nitrogens with zero attached hydrogens (tertiary/aromatic N) is 3. The number of anilines is 1. The van der Waals surface area contributed by atoms with Gasteiger partial charge in [0.05, 0.1) is 18.3 Å². The van der Waals surface area contributed by atoms with Gasteiger partial charge in [0.1, 0.15) is 24.0 Å². The lowest BCUT2D eigenvalue weighted by Crippen LogP contribution is -2.52. The molecule has 1 atom stereocenters. The van der Waals surface area contributed by atoms with Crippen LogP contribution in [-0.2, 0) is 26.2 Å². The third kappa shape index (κ3) is 7.17. The number of ether oxygens (including phenoxy) is 1. The van der Waals surface area contributed by atoms with Crippen molar-refractivity contribution in [1.82, 2.24) is 10.2 Å². The van der Waals surface area contributed by atoms with E-state index in [9.17, 15) is 28.1 Å². The Balaban J connectivity index is 2.56. The van der Waals surface area contributed by atoms with Crippen LogP contribution in [0.5, 0.6) is 5.75 Å². The minimum absolute atomic E-state index is 0.0415. The second-order valence-electron chi connectivity index (χ2n) is 8.21. The minimum Gasteiger partial charge on any atom is -0.495 e. The highest BCUT2D eigenvalue weighted by Crippen LogP contribution is 2.34. The second-order valence-corrected chi connectivity index (χ2v) is 10.1. The molecule has 36 heavy (non-hydrogen) atoms. The van der Waals surface area contributed by atoms with E-state index in [1.165, 1.54) is 24.1 Å². The fourth-order valence-corrected chi connectivity index (χ4v) is 4.65. The molecule has 0 unspecified atom stereocenters. The number of amides is 2. The monoisotopic (exact) mass is 520 g/mol. The van der Waals surface area contributed by atoms with Crippen molar-refractivity contribution in [2.24, 2.45) is 0 Å². The molecular formula is C24H32N4O7S. The molecule has 11 nitrogen and oxygen atoms in total. The highest BCUT2D eigenvalue weighted by atomic mass is 32.2. The molecule has 0 fully saturated rings. The van der Waals surface area contributed by atoms with Gasteiger partial charge in [0.25, 0.3) is 5.69 Å². The largest absolute Gasteiger partial charge is 0.495 e. The Hall–Kier alpha value is -3.67. The van der Waals surface area contributed by atoms with Gasteiger partial charge in [-0.1, -0.05) is 36.8 Å². The van der Waals surface area contributed by atoms with Gasteiger partial charge in [-0.25, -0.2) is 8.42 Å². The average Bonchev–Trinajstić information content (AvgIpc) is 2.81. The second kappa shape index (κ2) is 12.3. The number of non-ortho nitro benzene ring substituents is 1. The van der Waals surface area contributed by atoms with Crippen molar-refractivity contribution in [1.29, 1.82) is 0 Å². The molecule has 0 bridgehead atoms. The molecule has 0 aromatic heterocycles. The van der Waals surface area contributed by atoms with Crippen LogP contribution >= 0.6 is 0 Å². The van der Waals surface area contributed by atoms with Gasteiger partial charge in [0, 0.05) is 25.2 Å². The number of hydrogen-bond donors (Lipinski definition) is 1. The van der Waals surface area contributed by atoms with Gasteiger partial charge in [0.15, 0.2) is 0 Å². The highest BCUT2D eigenvalue weighted by Gasteiger charge is 2.33. The van der Waals surface area contributed by atoms with Gasteiger partial charge < -0.3 is 15.0 Å². The molecular weight excluding hydrogens is 488 g/mol. The number of nitrogens with one attached hydrogen (secondary N) is 1. The summed E-state index contributed by atoms with van der Waals surface area (Å²) in [6.45, 7) is 5.17. The molecule has 2 rings (SSSR count). The van der Waals surface area contributed by atoms with Gasteiger partial charge in [-0.3, -0.25) is 24.0 Å². The van der Waals surface area contributed by atoms with Crippen LogP contribution in [0.15, 0.2) is 42.5 Å². The summed E-state index contributed by atoms with van der Waals surface area (Å²) in [4.78, 5) is 38.5. The molecule has 2 aromatic carbocycles. The topological polar surface area (TPSA) is 139 Å². The van der Waals surface area contributed by atoms with Crippen LogP contribution in [0.25, 0.3) is 0 Å². The van der Waals surface area contributed by atoms with E-state index < -0.39 is 33.4 Å². The van der Waals surface area contributed by atoms with Crippen molar-refractivity contribution in [2.45, 2.75) is 39.8 Å². The van der Waals surface area contributed by atoms with Crippen molar-refractivity contribution >= 4 is 33.2 Å². The number of methoxy groups -OCH3 is 1. The smallest absolute Gasteiger partial charge is 0.271 e. The van der Waals surface area contributed by atoms with E-state index in [1.54, 1.807) is 13.8 Å². The molecule has 12 heteroatoms. The number of likely N-dealkylation sites (N-methyl/N-ethyl adjacent to an activating group) is 1. The Kier molecular flexibility index (Phi) is 9.79. The number of nitro benzene ring substituents is 1. The van der Waals surface area contributed by atoms with E-state index in [1.807, 2.05) is 31.2 Å². The lowest BCUT2D eigenvalue weighted by molar-refractivity contribution is -0.384. The number of nitro groups is 1. The lowest BCUT2D eigenvalue weighted by atomic mass is 10.1. The number of sulfonamides is 1. The van der Waals surface area contributed by atoms with Crippen LogP contribution in [-0.4, -0.2) is 62.6 Å². The van der Waals surface area contributed by atoms with Crippen LogP contribution in [0.2, 0.25) is 0 Å². The summed E-state index contributed by atoms with van der Waals surface area (Å²) in [6.07, 6.45) is 1.19. The van der Waals surface area contributed by atoms with Crippen LogP contribution in [0.4, 0.5) is 11.4 Å². The number of benzene rings is 2. The standard InChI is InChI=1S/C24H32N4O7S/c1-6-20(24(30)25-7-2)26(15-18-10-8-9-17(3)13-18)23(29)16-27(36(5,33)34)21-14-19(28(31)32)11-12-22(21)35-4/h8-14,20H,6-7,15-16H2,1-5H3,(H,25,30)/t20-/m1/s1. The van der Waals surface area contributed by atoms with E-state index in [-0.39, 0.29) is 29.6 Å². The highest BCUT2D eigenvalue weighted by molar-refractivity contribution is 7.92. The Morgan fingerprint density at radius 2 is 1.86 bits per heavy atom. The number of rotatable bonds is 12. The first-order valence-electron chi connectivity index (χ1n) is 11.4. The molecule has 0 saturated carbocycles. The number of aryl methyl sites for hydroxylation is 1. The summed E-state index contributed by atoms with van der Waals surface area (Å²) in [5.74, 6) is -0.965. The zero-order valence-electron chi connectivity index (χ0n) is 21.1. The Morgan fingerprint density at radius 1 is 1.17 bits per heavy atom. The Labute approximate surface area is 211 Å². The zero-order valence-corrected chi connectivity index (χ0v) is 21.9. The molecule has 2 aromatic rings. The van der Waals surface area contributed by atoms with Crippen LogP contribution < -0.4 is 14.4 Å². The molecule has 0 saturated heterocycles.